The highest BCUT2D eigenvalue weighted by Crippen LogP contribution is 2.29. The summed E-state index contributed by atoms with van der Waals surface area (Å²) < 4.78 is 7.78. The summed E-state index contributed by atoms with van der Waals surface area (Å²) in [5.41, 5.74) is 0.763. The number of aromatic nitrogens is 3. The number of hydrogen-bond donors (Lipinski definition) is 0. The second kappa shape index (κ2) is 9.33. The van der Waals surface area contributed by atoms with Gasteiger partial charge in [-0.15, -0.1) is 11.8 Å². The molecule has 0 unspecified atom stereocenters. The molecular formula is C18H14Cl3N3OS. The number of imidazole rings is 1. The van der Waals surface area contributed by atoms with E-state index >= 15 is 0 Å². The number of pyridine rings is 1. The van der Waals surface area contributed by atoms with Crippen LogP contribution in [-0.2, 0) is 4.74 Å². The summed E-state index contributed by atoms with van der Waals surface area (Å²) in [6, 6.07) is 9.00. The smallest absolute Gasteiger partial charge is 0.144 e. The molecule has 26 heavy (non-hydrogen) atoms. The van der Waals surface area contributed by atoms with Gasteiger partial charge in [0.05, 0.1) is 34.2 Å². The predicted molar refractivity (Wildman–Crippen MR) is 109 cm³/mol. The van der Waals surface area contributed by atoms with E-state index in [2.05, 4.69) is 9.97 Å². The first kappa shape index (κ1) is 19.1. The van der Waals surface area contributed by atoms with Gasteiger partial charge in [-0.25, -0.2) is 9.97 Å². The summed E-state index contributed by atoms with van der Waals surface area (Å²) in [4.78, 5) is 8.28. The summed E-state index contributed by atoms with van der Waals surface area (Å²) >= 11 is 19.7. The first-order valence-electron chi connectivity index (χ1n) is 7.63. The highest BCUT2D eigenvalue weighted by molar-refractivity contribution is 7.99. The Bertz CT molecular complexity index is 883. The molecule has 3 rings (SSSR count). The highest BCUT2D eigenvalue weighted by atomic mass is 35.5. The summed E-state index contributed by atoms with van der Waals surface area (Å²) in [6.45, 7) is 0.481. The van der Waals surface area contributed by atoms with Gasteiger partial charge in [-0.2, -0.15) is 0 Å². The van der Waals surface area contributed by atoms with Crippen LogP contribution in [0.4, 0.5) is 0 Å². The molecule has 0 saturated carbocycles. The Kier molecular flexibility index (Phi) is 6.86. The minimum atomic E-state index is 0.481. The third-order valence-electron chi connectivity index (χ3n) is 3.28. The minimum absolute atomic E-state index is 0.481. The van der Waals surface area contributed by atoms with Crippen molar-refractivity contribution >= 4 is 58.5 Å². The number of thioether (sulfide) groups is 1. The Balaban J connectivity index is 1.69. The average Bonchev–Trinajstić information content (AvgIpc) is 3.12. The molecule has 0 aliphatic carbocycles. The molecule has 2 heterocycles. The fraction of sp³-hybridized carbons (Fsp3) is 0.111. The molecule has 0 aliphatic rings. The Morgan fingerprint density at radius 2 is 2.00 bits per heavy atom. The molecule has 0 bridgehead atoms. The van der Waals surface area contributed by atoms with E-state index in [1.54, 1.807) is 47.2 Å². The predicted octanol–water partition coefficient (Wildman–Crippen LogP) is 6.00. The van der Waals surface area contributed by atoms with Gasteiger partial charge in [-0.05, 0) is 30.3 Å². The molecule has 0 amide bonds. The number of ether oxygens (including phenoxy) is 1. The van der Waals surface area contributed by atoms with Crippen molar-refractivity contribution in [1.82, 2.24) is 14.5 Å². The maximum absolute atomic E-state index is 6.33. The Morgan fingerprint density at radius 1 is 1.15 bits per heavy atom. The number of hydrogen-bond acceptors (Lipinski definition) is 4. The van der Waals surface area contributed by atoms with E-state index in [1.807, 2.05) is 30.6 Å². The molecule has 8 heteroatoms. The van der Waals surface area contributed by atoms with Crippen molar-refractivity contribution in [1.29, 1.82) is 0 Å². The molecule has 0 radical (unpaired) electrons. The van der Waals surface area contributed by atoms with E-state index in [0.717, 1.165) is 16.3 Å². The molecule has 0 saturated heterocycles. The first-order chi connectivity index (χ1) is 12.6. The molecule has 3 aromatic rings. The molecular weight excluding hydrogens is 413 g/mol. The highest BCUT2D eigenvalue weighted by Gasteiger charge is 2.10. The maximum Gasteiger partial charge on any atom is 0.144 e. The number of halogens is 3. The topological polar surface area (TPSA) is 39.9 Å². The fourth-order valence-corrected chi connectivity index (χ4v) is 3.38. The molecule has 2 aromatic heterocycles. The van der Waals surface area contributed by atoms with Crippen LogP contribution >= 0.6 is 46.6 Å². The van der Waals surface area contributed by atoms with Gasteiger partial charge in [-0.3, -0.25) is 0 Å². The van der Waals surface area contributed by atoms with Gasteiger partial charge in [0.2, 0.25) is 0 Å². The quantitative estimate of drug-likeness (QED) is 0.264. The van der Waals surface area contributed by atoms with E-state index in [-0.39, 0.29) is 0 Å². The molecule has 4 nitrogen and oxygen atoms in total. The Labute approximate surface area is 170 Å². The van der Waals surface area contributed by atoms with Crippen molar-refractivity contribution in [3.8, 4) is 0 Å². The SMILES string of the molecule is Clc1ccc(SCCOC(=Cn2ccnc2)c2ccc(Cl)cc2Cl)nc1. The summed E-state index contributed by atoms with van der Waals surface area (Å²) in [5.74, 6) is 1.36. The third kappa shape index (κ3) is 5.42. The summed E-state index contributed by atoms with van der Waals surface area (Å²) in [5, 5.41) is 2.61. The Morgan fingerprint density at radius 3 is 2.69 bits per heavy atom. The van der Waals surface area contributed by atoms with Crippen LogP contribution in [-0.4, -0.2) is 26.9 Å². The largest absolute Gasteiger partial charge is 0.490 e. The number of nitrogens with zero attached hydrogens (tertiary/aromatic N) is 3. The molecule has 0 spiro atoms. The van der Waals surface area contributed by atoms with Gasteiger partial charge in [-0.1, -0.05) is 34.8 Å². The van der Waals surface area contributed by atoms with Crippen molar-refractivity contribution in [3.05, 3.63) is 75.9 Å². The molecule has 1 aromatic carbocycles. The van der Waals surface area contributed by atoms with E-state index in [0.29, 0.717) is 27.4 Å². The van der Waals surface area contributed by atoms with Gasteiger partial charge in [0.25, 0.3) is 0 Å². The lowest BCUT2D eigenvalue weighted by molar-refractivity contribution is 0.303. The molecule has 0 atom stereocenters. The normalized spacial score (nSPS) is 11.6. The van der Waals surface area contributed by atoms with E-state index < -0.39 is 0 Å². The van der Waals surface area contributed by atoms with Crippen molar-refractivity contribution in [2.75, 3.05) is 12.4 Å². The third-order valence-corrected chi connectivity index (χ3v) is 4.96. The van der Waals surface area contributed by atoms with E-state index in [9.17, 15) is 0 Å². The van der Waals surface area contributed by atoms with Gasteiger partial charge in [0.1, 0.15) is 5.76 Å². The molecule has 0 N–H and O–H groups in total. The van der Waals surface area contributed by atoms with E-state index in [1.165, 1.54) is 0 Å². The Hall–Kier alpha value is -1.66. The van der Waals surface area contributed by atoms with Crippen LogP contribution in [0.1, 0.15) is 5.56 Å². The van der Waals surface area contributed by atoms with Crippen LogP contribution in [0, 0.1) is 0 Å². The number of rotatable bonds is 7. The molecule has 0 fully saturated rings. The fourth-order valence-electron chi connectivity index (χ4n) is 2.10. The van der Waals surface area contributed by atoms with E-state index in [4.69, 9.17) is 39.5 Å². The lowest BCUT2D eigenvalue weighted by Gasteiger charge is -2.13. The summed E-state index contributed by atoms with van der Waals surface area (Å²) in [6.07, 6.45) is 8.65. The zero-order valence-electron chi connectivity index (χ0n) is 13.5. The molecule has 0 aliphatic heterocycles. The van der Waals surface area contributed by atoms with Crippen LogP contribution in [0.15, 0.2) is 60.3 Å². The van der Waals surface area contributed by atoms with Gasteiger partial charge in [0.15, 0.2) is 0 Å². The number of benzene rings is 1. The zero-order valence-corrected chi connectivity index (χ0v) is 16.6. The van der Waals surface area contributed by atoms with Crippen LogP contribution in [0.25, 0.3) is 12.0 Å². The van der Waals surface area contributed by atoms with Gasteiger partial charge >= 0.3 is 0 Å². The standard InChI is InChI=1S/C18H14Cl3N3OS/c19-13-1-3-15(16(21)9-13)17(11-24-6-5-22-12-24)25-7-8-26-18-4-2-14(20)10-23-18/h1-6,9-12H,7-8H2. The zero-order chi connectivity index (χ0) is 18.4. The lowest BCUT2D eigenvalue weighted by atomic mass is 10.2. The van der Waals surface area contributed by atoms with Crippen LogP contribution in [0.5, 0.6) is 0 Å². The molecule has 134 valence electrons. The minimum Gasteiger partial charge on any atom is -0.490 e. The lowest BCUT2D eigenvalue weighted by Crippen LogP contribution is -2.00. The second-order valence-corrected chi connectivity index (χ2v) is 7.53. The van der Waals surface area contributed by atoms with Crippen LogP contribution < -0.4 is 0 Å². The van der Waals surface area contributed by atoms with Crippen molar-refractivity contribution in [3.63, 3.8) is 0 Å². The first-order valence-corrected chi connectivity index (χ1v) is 9.75. The van der Waals surface area contributed by atoms with Crippen molar-refractivity contribution in [2.45, 2.75) is 5.03 Å². The average molecular weight is 427 g/mol. The van der Waals surface area contributed by atoms with Crippen molar-refractivity contribution < 1.29 is 4.74 Å². The maximum atomic E-state index is 6.33. The summed E-state index contributed by atoms with van der Waals surface area (Å²) in [7, 11) is 0. The van der Waals surface area contributed by atoms with Crippen LogP contribution in [0.2, 0.25) is 15.1 Å². The van der Waals surface area contributed by atoms with Gasteiger partial charge in [0, 0.05) is 34.9 Å². The van der Waals surface area contributed by atoms with Crippen molar-refractivity contribution in [2.24, 2.45) is 0 Å². The van der Waals surface area contributed by atoms with Gasteiger partial charge < -0.3 is 9.30 Å². The second-order valence-electron chi connectivity index (χ2n) is 5.14. The van der Waals surface area contributed by atoms with Crippen LogP contribution in [0.3, 0.4) is 0 Å². The monoisotopic (exact) mass is 425 g/mol.